The van der Waals surface area contributed by atoms with Crippen LogP contribution in [0.15, 0.2) is 0 Å². The minimum absolute atomic E-state index is 0.389. The van der Waals surface area contributed by atoms with Gasteiger partial charge >= 0.3 is 6.18 Å². The second-order valence-electron chi connectivity index (χ2n) is 2.90. The molecule has 1 unspecified atom stereocenters. The van der Waals surface area contributed by atoms with E-state index in [-0.39, 0.29) is 6.54 Å². The molecule has 88 valence electrons. The Hall–Kier alpha value is -1.31. The van der Waals surface area contributed by atoms with Crippen molar-refractivity contribution < 1.29 is 22.8 Å². The molecule has 0 fully saturated rings. The Morgan fingerprint density at radius 2 is 1.93 bits per heavy atom. The van der Waals surface area contributed by atoms with Gasteiger partial charge in [-0.15, -0.1) is 0 Å². The minimum Gasteiger partial charge on any atom is -0.368 e. The van der Waals surface area contributed by atoms with Gasteiger partial charge in [-0.25, -0.2) is 0 Å². The Kier molecular flexibility index (Phi) is 5.06. The Bertz CT molecular complexity index is 242. The van der Waals surface area contributed by atoms with Crippen LogP contribution in [0.4, 0.5) is 13.2 Å². The number of nitrogens with one attached hydrogen (secondary N) is 2. The van der Waals surface area contributed by atoms with Gasteiger partial charge < -0.3 is 11.1 Å². The van der Waals surface area contributed by atoms with E-state index in [1.54, 1.807) is 5.32 Å². The summed E-state index contributed by atoms with van der Waals surface area (Å²) in [6, 6.07) is -0.762. The van der Waals surface area contributed by atoms with Gasteiger partial charge in [0.2, 0.25) is 11.8 Å². The lowest BCUT2D eigenvalue weighted by molar-refractivity contribution is -0.138. The van der Waals surface area contributed by atoms with Crippen molar-refractivity contribution in [3.63, 3.8) is 0 Å². The van der Waals surface area contributed by atoms with Gasteiger partial charge in [-0.05, 0) is 6.92 Å². The van der Waals surface area contributed by atoms with Gasteiger partial charge in [0.05, 0.1) is 12.6 Å². The minimum atomic E-state index is -4.44. The zero-order chi connectivity index (χ0) is 12.1. The molecule has 0 saturated heterocycles. The van der Waals surface area contributed by atoms with Crippen LogP contribution in [0.1, 0.15) is 6.92 Å². The van der Waals surface area contributed by atoms with Crippen molar-refractivity contribution in [1.82, 2.24) is 10.6 Å². The van der Waals surface area contributed by atoms with E-state index in [1.165, 1.54) is 6.92 Å². The molecule has 0 aromatic carbocycles. The number of nitrogens with two attached hydrogens (primary N) is 1. The van der Waals surface area contributed by atoms with Gasteiger partial charge in [-0.2, -0.15) is 13.2 Å². The first-order chi connectivity index (χ1) is 6.72. The number of hydrogen-bond acceptors (Lipinski definition) is 3. The summed E-state index contributed by atoms with van der Waals surface area (Å²) in [5.41, 5.74) is 4.85. The SMILES string of the molecule is CC(NCC(=O)NCC(F)(F)F)C(N)=O. The van der Waals surface area contributed by atoms with Crippen molar-refractivity contribution in [3.8, 4) is 0 Å². The van der Waals surface area contributed by atoms with E-state index in [2.05, 4.69) is 5.32 Å². The molecule has 0 aliphatic heterocycles. The van der Waals surface area contributed by atoms with E-state index < -0.39 is 30.6 Å². The third-order valence-electron chi connectivity index (χ3n) is 1.48. The van der Waals surface area contributed by atoms with E-state index in [0.717, 1.165) is 0 Å². The van der Waals surface area contributed by atoms with Gasteiger partial charge in [0, 0.05) is 0 Å². The normalized spacial score (nSPS) is 13.3. The lowest BCUT2D eigenvalue weighted by Crippen LogP contribution is -2.45. The molecule has 0 bridgehead atoms. The van der Waals surface area contributed by atoms with Crippen LogP contribution in [0.5, 0.6) is 0 Å². The van der Waals surface area contributed by atoms with Crippen LogP contribution < -0.4 is 16.4 Å². The molecule has 4 N–H and O–H groups in total. The van der Waals surface area contributed by atoms with Crippen molar-refractivity contribution in [3.05, 3.63) is 0 Å². The first-order valence-electron chi connectivity index (χ1n) is 4.08. The lowest BCUT2D eigenvalue weighted by atomic mass is 10.3. The van der Waals surface area contributed by atoms with Crippen molar-refractivity contribution in [2.24, 2.45) is 5.73 Å². The summed E-state index contributed by atoms with van der Waals surface area (Å²) in [7, 11) is 0. The van der Waals surface area contributed by atoms with Crippen molar-refractivity contribution in [2.75, 3.05) is 13.1 Å². The second-order valence-corrected chi connectivity index (χ2v) is 2.90. The molecule has 15 heavy (non-hydrogen) atoms. The highest BCUT2D eigenvalue weighted by molar-refractivity contribution is 5.82. The average molecular weight is 227 g/mol. The third-order valence-corrected chi connectivity index (χ3v) is 1.48. The molecule has 5 nitrogen and oxygen atoms in total. The van der Waals surface area contributed by atoms with Crippen LogP contribution in [-0.4, -0.2) is 37.1 Å². The number of carbonyl (C=O) groups is 2. The zero-order valence-electron chi connectivity index (χ0n) is 8.02. The Labute approximate surface area is 84.2 Å². The van der Waals surface area contributed by atoms with Crippen LogP contribution in [0.25, 0.3) is 0 Å². The van der Waals surface area contributed by atoms with Crippen LogP contribution in [0, 0.1) is 0 Å². The lowest BCUT2D eigenvalue weighted by Gasteiger charge is -2.11. The Morgan fingerprint density at radius 1 is 1.40 bits per heavy atom. The number of amides is 2. The summed E-state index contributed by atoms with van der Waals surface area (Å²) in [5, 5.41) is 4.00. The fourth-order valence-electron chi connectivity index (χ4n) is 0.608. The highest BCUT2D eigenvalue weighted by Crippen LogP contribution is 2.11. The zero-order valence-corrected chi connectivity index (χ0v) is 8.02. The van der Waals surface area contributed by atoms with E-state index in [9.17, 15) is 22.8 Å². The van der Waals surface area contributed by atoms with Crippen LogP contribution in [0.2, 0.25) is 0 Å². The molecule has 0 spiro atoms. The van der Waals surface area contributed by atoms with Crippen LogP contribution in [-0.2, 0) is 9.59 Å². The fraction of sp³-hybridized carbons (Fsp3) is 0.714. The number of hydrogen-bond donors (Lipinski definition) is 3. The first-order valence-corrected chi connectivity index (χ1v) is 4.08. The van der Waals surface area contributed by atoms with Crippen molar-refractivity contribution >= 4 is 11.8 Å². The number of rotatable bonds is 5. The molecule has 8 heteroatoms. The largest absolute Gasteiger partial charge is 0.405 e. The summed E-state index contributed by atoms with van der Waals surface area (Å²) in [6.45, 7) is -0.377. The maximum Gasteiger partial charge on any atom is 0.405 e. The van der Waals surface area contributed by atoms with Gasteiger partial charge in [-0.3, -0.25) is 14.9 Å². The number of alkyl halides is 3. The molecule has 0 aromatic heterocycles. The molecular formula is C7H12F3N3O2. The maximum atomic E-state index is 11.6. The van der Waals surface area contributed by atoms with Gasteiger partial charge in [0.15, 0.2) is 0 Å². The molecule has 0 heterocycles. The van der Waals surface area contributed by atoms with Crippen LogP contribution in [0.3, 0.4) is 0 Å². The number of halogens is 3. The molecule has 0 aliphatic carbocycles. The van der Waals surface area contributed by atoms with Crippen LogP contribution >= 0.6 is 0 Å². The predicted octanol–water partition coefficient (Wildman–Crippen LogP) is -0.872. The standard InChI is InChI=1S/C7H12F3N3O2/c1-4(6(11)15)12-2-5(14)13-3-7(8,9)10/h4,12H,2-3H2,1H3,(H2,11,15)(H,13,14). The topological polar surface area (TPSA) is 84.2 Å². The van der Waals surface area contributed by atoms with E-state index in [1.807, 2.05) is 0 Å². The molecule has 0 saturated carbocycles. The summed E-state index contributed by atoms with van der Waals surface area (Å²) >= 11 is 0. The first kappa shape index (κ1) is 13.7. The third kappa shape index (κ3) is 7.74. The molecule has 0 rings (SSSR count). The molecule has 2 amide bonds. The highest BCUT2D eigenvalue weighted by atomic mass is 19.4. The summed E-state index contributed by atoms with van der Waals surface area (Å²) in [4.78, 5) is 21.3. The van der Waals surface area contributed by atoms with E-state index in [0.29, 0.717) is 0 Å². The average Bonchev–Trinajstić information content (AvgIpc) is 2.09. The fourth-order valence-corrected chi connectivity index (χ4v) is 0.608. The van der Waals surface area contributed by atoms with Gasteiger partial charge in [0.1, 0.15) is 6.54 Å². The summed E-state index contributed by atoms with van der Waals surface area (Å²) in [6.07, 6.45) is -4.44. The predicted molar refractivity (Wildman–Crippen MR) is 45.7 cm³/mol. The van der Waals surface area contributed by atoms with E-state index in [4.69, 9.17) is 5.73 Å². The van der Waals surface area contributed by atoms with E-state index >= 15 is 0 Å². The summed E-state index contributed by atoms with van der Waals surface area (Å²) < 4.78 is 34.9. The smallest absolute Gasteiger partial charge is 0.368 e. The molecule has 0 radical (unpaired) electrons. The summed E-state index contributed by atoms with van der Waals surface area (Å²) in [5.74, 6) is -1.53. The monoisotopic (exact) mass is 227 g/mol. The Morgan fingerprint density at radius 3 is 2.33 bits per heavy atom. The molecule has 0 aliphatic rings. The van der Waals surface area contributed by atoms with Gasteiger partial charge in [-0.1, -0.05) is 0 Å². The number of primary amides is 1. The Balaban J connectivity index is 3.72. The highest BCUT2D eigenvalue weighted by Gasteiger charge is 2.27. The number of carbonyl (C=O) groups excluding carboxylic acids is 2. The second kappa shape index (κ2) is 5.54. The molecule has 1 atom stereocenters. The molecular weight excluding hydrogens is 215 g/mol. The van der Waals surface area contributed by atoms with Crippen molar-refractivity contribution in [1.29, 1.82) is 0 Å². The van der Waals surface area contributed by atoms with Crippen molar-refractivity contribution in [2.45, 2.75) is 19.1 Å². The molecule has 0 aromatic rings. The maximum absolute atomic E-state index is 11.6. The van der Waals surface area contributed by atoms with Gasteiger partial charge in [0.25, 0.3) is 0 Å². The quantitative estimate of drug-likeness (QED) is 0.570.